The lowest BCUT2D eigenvalue weighted by molar-refractivity contribution is -0.143. The van der Waals surface area contributed by atoms with Crippen LogP contribution in [0, 0.1) is 0 Å². The van der Waals surface area contributed by atoms with E-state index in [0.29, 0.717) is 29.0 Å². The number of methoxy groups -OCH3 is 1. The van der Waals surface area contributed by atoms with Crippen LogP contribution in [-0.4, -0.2) is 39.5 Å². The number of nitrogens with zero attached hydrogens (tertiary/aromatic N) is 3. The van der Waals surface area contributed by atoms with Gasteiger partial charge in [0.2, 0.25) is 11.8 Å². The van der Waals surface area contributed by atoms with Gasteiger partial charge in [0.15, 0.2) is 15.1 Å². The summed E-state index contributed by atoms with van der Waals surface area (Å²) in [7, 11) is -3.21. The van der Waals surface area contributed by atoms with Crippen LogP contribution in [0.5, 0.6) is 0 Å². The molecule has 0 fully saturated rings. The summed E-state index contributed by atoms with van der Waals surface area (Å²) in [6, 6.07) is 13.1. The average molecular weight is 735 g/mol. The van der Waals surface area contributed by atoms with E-state index in [4.69, 9.17) is 9.15 Å². The SMILES string of the molecule is COCc1ccc(-c2ccc3nc(C(c4nnc(CNNS(=O)[O-])o4)S(=O)(=O)Cc4cc(C(F)(F)F)cc(C(F)(F)F)c4)sc3c2)cc1. The summed E-state index contributed by atoms with van der Waals surface area (Å²) < 4.78 is 142. The zero-order chi connectivity index (χ0) is 34.9. The highest BCUT2D eigenvalue weighted by Gasteiger charge is 2.40. The molecular weight excluding hydrogens is 713 g/mol. The van der Waals surface area contributed by atoms with Gasteiger partial charge in [-0.15, -0.1) is 21.5 Å². The first-order valence-electron chi connectivity index (χ1n) is 13.4. The van der Waals surface area contributed by atoms with Gasteiger partial charge < -0.3 is 13.7 Å². The Balaban J connectivity index is 1.57. The molecule has 11 nitrogen and oxygen atoms in total. The highest BCUT2D eigenvalue weighted by atomic mass is 32.2. The van der Waals surface area contributed by atoms with E-state index >= 15 is 0 Å². The van der Waals surface area contributed by atoms with Crippen LogP contribution in [0.1, 0.15) is 44.3 Å². The molecule has 0 saturated heterocycles. The van der Waals surface area contributed by atoms with Crippen molar-refractivity contribution in [3.05, 3.63) is 99.7 Å². The Labute approximate surface area is 274 Å². The summed E-state index contributed by atoms with van der Waals surface area (Å²) in [5.74, 6) is -2.17. The minimum atomic E-state index is -5.20. The Kier molecular flexibility index (Phi) is 10.3. The van der Waals surface area contributed by atoms with Gasteiger partial charge in [-0.2, -0.15) is 31.2 Å². The second-order valence-electron chi connectivity index (χ2n) is 10.2. The number of hydrazine groups is 1. The van der Waals surface area contributed by atoms with Crippen LogP contribution >= 0.6 is 11.3 Å². The fourth-order valence-electron chi connectivity index (χ4n) is 4.64. The van der Waals surface area contributed by atoms with E-state index in [1.165, 1.54) is 0 Å². The summed E-state index contributed by atoms with van der Waals surface area (Å²) in [4.78, 5) is 6.23. The van der Waals surface area contributed by atoms with Gasteiger partial charge in [0.05, 0.1) is 40.2 Å². The van der Waals surface area contributed by atoms with Gasteiger partial charge >= 0.3 is 12.4 Å². The van der Waals surface area contributed by atoms with E-state index in [-0.39, 0.29) is 17.0 Å². The molecule has 48 heavy (non-hydrogen) atoms. The van der Waals surface area contributed by atoms with Gasteiger partial charge in [-0.1, -0.05) is 30.3 Å². The van der Waals surface area contributed by atoms with Crippen molar-refractivity contribution in [3.63, 3.8) is 0 Å². The Morgan fingerprint density at radius 2 is 1.58 bits per heavy atom. The molecular formula is C28H22F6N5O6S3-. The van der Waals surface area contributed by atoms with E-state index in [0.717, 1.165) is 28.0 Å². The quantitative estimate of drug-likeness (QED) is 0.0936. The molecule has 256 valence electrons. The molecule has 0 bridgehead atoms. The van der Waals surface area contributed by atoms with E-state index in [9.17, 15) is 43.5 Å². The molecule has 2 heterocycles. The zero-order valence-corrected chi connectivity index (χ0v) is 26.7. The van der Waals surface area contributed by atoms with Crippen LogP contribution in [0.25, 0.3) is 21.3 Å². The van der Waals surface area contributed by atoms with E-state index in [1.807, 2.05) is 29.1 Å². The third-order valence-corrected chi connectivity index (χ3v) is 10.1. The van der Waals surface area contributed by atoms with Crippen molar-refractivity contribution >= 4 is 42.7 Å². The number of fused-ring (bicyclic) bond motifs is 1. The first-order chi connectivity index (χ1) is 22.5. The Morgan fingerprint density at radius 3 is 2.19 bits per heavy atom. The van der Waals surface area contributed by atoms with Crippen LogP contribution in [0.15, 0.2) is 65.1 Å². The second-order valence-corrected chi connectivity index (χ2v) is 14.0. The van der Waals surface area contributed by atoms with Gasteiger partial charge in [-0.3, -0.25) is 4.21 Å². The maximum Gasteiger partial charge on any atom is 0.416 e. The number of aromatic nitrogens is 3. The van der Waals surface area contributed by atoms with Crippen LogP contribution in [0.2, 0.25) is 0 Å². The first kappa shape index (κ1) is 35.5. The molecule has 5 rings (SSSR count). The molecule has 0 aliphatic carbocycles. The smallest absolute Gasteiger partial charge is 0.416 e. The Morgan fingerprint density at radius 1 is 0.938 bits per heavy atom. The van der Waals surface area contributed by atoms with Gasteiger partial charge in [0.25, 0.3) is 0 Å². The van der Waals surface area contributed by atoms with Crippen LogP contribution in [0.4, 0.5) is 26.3 Å². The highest BCUT2D eigenvalue weighted by Crippen LogP contribution is 2.40. The van der Waals surface area contributed by atoms with Crippen molar-refractivity contribution in [1.82, 2.24) is 25.4 Å². The number of benzene rings is 3. The molecule has 2 unspecified atom stereocenters. The van der Waals surface area contributed by atoms with Crippen molar-refractivity contribution in [1.29, 1.82) is 0 Å². The van der Waals surface area contributed by atoms with Crippen LogP contribution in [0.3, 0.4) is 0 Å². The molecule has 0 saturated carbocycles. The molecule has 0 aliphatic rings. The van der Waals surface area contributed by atoms with E-state index in [2.05, 4.69) is 20.6 Å². The van der Waals surface area contributed by atoms with Gasteiger partial charge in [-0.25, -0.2) is 18.8 Å². The van der Waals surface area contributed by atoms with Crippen molar-refractivity contribution < 1.29 is 52.7 Å². The lowest BCUT2D eigenvalue weighted by Gasteiger charge is -2.16. The normalized spacial score (nSPS) is 14.0. The van der Waals surface area contributed by atoms with Gasteiger partial charge in [-0.05, 0) is 52.6 Å². The number of alkyl halides is 6. The molecule has 0 spiro atoms. The molecule has 0 aliphatic heterocycles. The van der Waals surface area contributed by atoms with Crippen molar-refractivity contribution in [2.75, 3.05) is 7.11 Å². The third kappa shape index (κ3) is 8.43. The van der Waals surface area contributed by atoms with Crippen LogP contribution in [-0.2, 0) is 57.1 Å². The number of ether oxygens (including phenoxy) is 1. The predicted molar refractivity (Wildman–Crippen MR) is 160 cm³/mol. The number of halogens is 6. The summed E-state index contributed by atoms with van der Waals surface area (Å²) in [5.41, 5.74) is 0.921. The number of hydrogen-bond acceptors (Lipinski definition) is 11. The standard InChI is InChI=1S/C28H23F6N5O6S3/c1-44-13-15-2-4-17(5-3-15)18-6-7-21-22(10-18)46-26(36-21)24(25-38-37-23(45-25)12-35-39-47(40)41)48(42,43)14-16-8-19(27(29,30)31)11-20(9-16)28(32,33)34/h2-11,24,35,39H,12-14H2,1H3,(H,40,41)/p-1. The topological polar surface area (TPSA) is 159 Å². The molecule has 5 aromatic rings. The van der Waals surface area contributed by atoms with Crippen molar-refractivity contribution in [3.8, 4) is 11.1 Å². The Hall–Kier alpha value is -3.79. The average Bonchev–Trinajstić information content (AvgIpc) is 3.62. The lowest BCUT2D eigenvalue weighted by Crippen LogP contribution is -2.32. The fourth-order valence-corrected chi connectivity index (χ4v) is 7.96. The maximum absolute atomic E-state index is 13.9. The summed E-state index contributed by atoms with van der Waals surface area (Å²) in [6.07, 6.45) is -10.4. The molecule has 3 aromatic carbocycles. The molecule has 2 N–H and O–H groups in total. The van der Waals surface area contributed by atoms with Crippen molar-refractivity contribution in [2.24, 2.45) is 0 Å². The third-order valence-electron chi connectivity index (χ3n) is 6.70. The van der Waals surface area contributed by atoms with E-state index < -0.39 is 73.6 Å². The second kappa shape index (κ2) is 14.0. The molecule has 2 aromatic heterocycles. The lowest BCUT2D eigenvalue weighted by atomic mass is 10.0. The fraction of sp³-hybridized carbons (Fsp3) is 0.250. The summed E-state index contributed by atoms with van der Waals surface area (Å²) in [5, 5.41) is 5.37. The summed E-state index contributed by atoms with van der Waals surface area (Å²) >= 11 is -1.83. The number of rotatable bonds is 12. The first-order valence-corrected chi connectivity index (χ1v) is 17.0. The predicted octanol–water partition coefficient (Wildman–Crippen LogP) is 5.62. The number of nitrogens with one attached hydrogen (secondary N) is 2. The maximum atomic E-state index is 13.9. The molecule has 20 heteroatoms. The number of hydrogen-bond donors (Lipinski definition) is 2. The number of sulfone groups is 1. The minimum absolute atomic E-state index is 0.107. The van der Waals surface area contributed by atoms with Gasteiger partial charge in [0.1, 0.15) is 5.01 Å². The van der Waals surface area contributed by atoms with E-state index in [1.54, 1.807) is 25.3 Å². The largest absolute Gasteiger partial charge is 0.759 e. The number of thiazole rings is 1. The zero-order valence-electron chi connectivity index (χ0n) is 24.3. The van der Waals surface area contributed by atoms with Crippen LogP contribution < -0.4 is 10.3 Å². The summed E-state index contributed by atoms with van der Waals surface area (Å²) in [6.45, 7) is 0.0101. The van der Waals surface area contributed by atoms with Crippen molar-refractivity contribution in [2.45, 2.75) is 36.5 Å². The molecule has 0 radical (unpaired) electrons. The Bertz CT molecular complexity index is 2020. The monoisotopic (exact) mass is 734 g/mol. The van der Waals surface area contributed by atoms with Gasteiger partial charge in [0, 0.05) is 18.4 Å². The molecule has 0 amide bonds. The highest BCUT2D eigenvalue weighted by molar-refractivity contribution is 7.91. The minimum Gasteiger partial charge on any atom is -0.759 e. The molecule has 2 atom stereocenters.